The van der Waals surface area contributed by atoms with Crippen LogP contribution in [0, 0.1) is 6.92 Å². The minimum absolute atomic E-state index is 0.0334. The van der Waals surface area contributed by atoms with Crippen molar-refractivity contribution in [2.24, 2.45) is 0 Å². The lowest BCUT2D eigenvalue weighted by molar-refractivity contribution is 0.284. The van der Waals surface area contributed by atoms with Gasteiger partial charge in [0, 0.05) is 21.7 Å². The summed E-state index contributed by atoms with van der Waals surface area (Å²) in [5.41, 5.74) is 1.93. The fraction of sp³-hybridized carbons (Fsp3) is 0.107. The molecule has 0 atom stereocenters. The molecule has 16 nitrogen and oxygen atoms in total. The summed E-state index contributed by atoms with van der Waals surface area (Å²) in [5.74, 6) is -1.26. The predicted molar refractivity (Wildman–Crippen MR) is 185 cm³/mol. The summed E-state index contributed by atoms with van der Waals surface area (Å²) in [5, 5.41) is 20.2. The Bertz CT molecular complexity index is 2400. The predicted octanol–water partition coefficient (Wildman–Crippen LogP) is 5.05. The smallest absolute Gasteiger partial charge is 0.397 e. The molecule has 0 bridgehead atoms. The zero-order valence-electron chi connectivity index (χ0n) is 24.9. The van der Waals surface area contributed by atoms with Gasteiger partial charge < -0.3 is 21.1 Å². The van der Waals surface area contributed by atoms with Gasteiger partial charge in [0.25, 0.3) is 10.1 Å². The van der Waals surface area contributed by atoms with Gasteiger partial charge in [0.1, 0.15) is 5.75 Å². The molecule has 5 aromatic rings. The van der Waals surface area contributed by atoms with Gasteiger partial charge in [-0.2, -0.15) is 31.8 Å². The van der Waals surface area contributed by atoms with Crippen LogP contribution in [0.1, 0.15) is 5.56 Å². The lowest BCUT2D eigenvalue weighted by Crippen LogP contribution is -2.15. The third kappa shape index (κ3) is 9.05. The molecule has 0 aliphatic heterocycles. The monoisotopic (exact) mass is 768 g/mol. The molecule has 5 rings (SSSR count). The minimum atomic E-state index is -4.81. The van der Waals surface area contributed by atoms with E-state index < -0.39 is 53.4 Å². The second-order valence-electron chi connectivity index (χ2n) is 10.2. The van der Waals surface area contributed by atoms with Crippen LogP contribution < -0.4 is 16.0 Å². The molecule has 0 saturated carbocycles. The van der Waals surface area contributed by atoms with Crippen LogP contribution in [-0.2, 0) is 34.5 Å². The quantitative estimate of drug-likeness (QED) is 0.0498. The molecule has 6 N–H and O–H groups in total. The first-order valence-electron chi connectivity index (χ1n) is 13.6. The van der Waals surface area contributed by atoms with Crippen LogP contribution in [0.4, 0.5) is 34.6 Å². The number of sulfone groups is 1. The Kier molecular flexibility index (Phi) is 10.2. The third-order valence-electron chi connectivity index (χ3n) is 6.69. The molecule has 49 heavy (non-hydrogen) atoms. The molecule has 0 aliphatic rings. The van der Waals surface area contributed by atoms with Crippen LogP contribution in [0.25, 0.3) is 10.8 Å². The number of rotatable bonds is 12. The van der Waals surface area contributed by atoms with Crippen LogP contribution in [0.5, 0.6) is 5.75 Å². The summed E-state index contributed by atoms with van der Waals surface area (Å²) in [4.78, 5) is 11.8. The number of aryl methyl sites for hydroxylation is 1. The summed E-state index contributed by atoms with van der Waals surface area (Å²) < 4.78 is 93.5. The lowest BCUT2D eigenvalue weighted by atomic mass is 10.1. The summed E-state index contributed by atoms with van der Waals surface area (Å²) in [7, 11) is -13.5. The van der Waals surface area contributed by atoms with Gasteiger partial charge in [-0.1, -0.05) is 17.7 Å². The summed E-state index contributed by atoms with van der Waals surface area (Å²) in [6, 6.07) is 16.1. The maximum atomic E-state index is 12.6. The van der Waals surface area contributed by atoms with E-state index in [2.05, 4.69) is 47.7 Å². The average molecular weight is 769 g/mol. The summed E-state index contributed by atoms with van der Waals surface area (Å²) in [6.45, 7) is 1.12. The van der Waals surface area contributed by atoms with Gasteiger partial charge in [-0.3, -0.25) is 9.11 Å². The van der Waals surface area contributed by atoms with E-state index in [1.807, 2.05) is 19.1 Å². The van der Waals surface area contributed by atoms with Crippen LogP contribution in [-0.4, -0.2) is 66.8 Å². The highest BCUT2D eigenvalue weighted by Gasteiger charge is 2.22. The molecule has 1 aromatic heterocycles. The molecular formula is C28H25ClN6O10S4. The fourth-order valence-corrected chi connectivity index (χ4v) is 6.95. The van der Waals surface area contributed by atoms with E-state index in [0.717, 1.165) is 17.7 Å². The first-order valence-corrected chi connectivity index (χ1v) is 18.9. The number of nitrogens with one attached hydrogen (secondary N) is 3. The van der Waals surface area contributed by atoms with Crippen molar-refractivity contribution in [3.8, 4) is 5.75 Å². The molecule has 21 heteroatoms. The maximum absolute atomic E-state index is 12.6. The topological polar surface area (TPSA) is 247 Å². The second-order valence-corrected chi connectivity index (χ2v) is 15.7. The van der Waals surface area contributed by atoms with Crippen molar-refractivity contribution in [2.45, 2.75) is 21.6 Å². The number of benzene rings is 4. The van der Waals surface area contributed by atoms with E-state index in [1.165, 1.54) is 30.3 Å². The molecule has 0 amide bonds. The van der Waals surface area contributed by atoms with Crippen molar-refractivity contribution >= 4 is 100 Å². The highest BCUT2D eigenvalue weighted by atomic mass is 35.5. The normalized spacial score (nSPS) is 12.2. The Labute approximate surface area is 290 Å². The van der Waals surface area contributed by atoms with E-state index >= 15 is 0 Å². The number of hydrogen-bond acceptors (Lipinski definition) is 15. The zero-order chi connectivity index (χ0) is 35.7. The molecule has 0 fully saturated rings. The minimum Gasteiger partial charge on any atom is -0.505 e. The Hall–Kier alpha value is -4.28. The van der Waals surface area contributed by atoms with Crippen molar-refractivity contribution in [2.75, 3.05) is 28.3 Å². The van der Waals surface area contributed by atoms with Crippen LogP contribution in [0.3, 0.4) is 0 Å². The highest BCUT2D eigenvalue weighted by molar-refractivity contribution is 7.91. The van der Waals surface area contributed by atoms with Gasteiger partial charge in [-0.05, 0) is 78.5 Å². The fourth-order valence-electron chi connectivity index (χ4n) is 4.46. The standard InChI is InChI=1S/C28H25ClN6O10S4/c1-15-2-4-18(5-3-15)31-27-33-26(29)34-28(35-27)32-21-14-20(48(39,40)41)12-16-13-22(46)24(25(36)23(16)21)30-17-6-8-19(9-7-17)47(37,38)11-10-45-49(42,43)44/h2-9,12-14,30,36,46H,10-11H2,1H3,(H,39,40,41)(H,42,43,44)(H2,31,32,33,34,35). The summed E-state index contributed by atoms with van der Waals surface area (Å²) in [6.07, 6.45) is 0. The maximum Gasteiger partial charge on any atom is 0.397 e. The Balaban J connectivity index is 1.50. The molecule has 0 unspecified atom stereocenters. The SMILES string of the molecule is Cc1ccc(Nc2nc(Cl)nc(Nc3cc(S(=O)(=O)O)cc4cc(S)c(Nc5ccc(S(=O)(=O)CCOS(=O)(=O)O)cc5)c(O)c34)n2)cc1. The molecule has 0 aliphatic carbocycles. The van der Waals surface area contributed by atoms with E-state index in [-0.39, 0.29) is 49.1 Å². The number of phenols is 1. The number of aromatic hydroxyl groups is 1. The molecule has 0 spiro atoms. The van der Waals surface area contributed by atoms with Gasteiger partial charge in [0.05, 0.1) is 33.5 Å². The first-order chi connectivity index (χ1) is 22.9. The van der Waals surface area contributed by atoms with E-state index in [4.69, 9.17) is 16.2 Å². The molecule has 0 radical (unpaired) electrons. The van der Waals surface area contributed by atoms with Crippen molar-refractivity contribution in [1.29, 1.82) is 0 Å². The number of phenolic OH excluding ortho intramolecular Hbond substituents is 1. The summed E-state index contributed by atoms with van der Waals surface area (Å²) >= 11 is 10.6. The van der Waals surface area contributed by atoms with Crippen molar-refractivity contribution in [3.05, 3.63) is 77.6 Å². The number of halogens is 1. The molecule has 0 saturated heterocycles. The highest BCUT2D eigenvalue weighted by Crippen LogP contribution is 2.44. The molecule has 258 valence electrons. The lowest BCUT2D eigenvalue weighted by Gasteiger charge is -2.17. The third-order valence-corrected chi connectivity index (χ3v) is 10.2. The average Bonchev–Trinajstić information content (AvgIpc) is 2.99. The van der Waals surface area contributed by atoms with E-state index in [9.17, 15) is 34.9 Å². The van der Waals surface area contributed by atoms with Gasteiger partial charge in [-0.25, -0.2) is 12.6 Å². The van der Waals surface area contributed by atoms with E-state index in [0.29, 0.717) is 11.4 Å². The van der Waals surface area contributed by atoms with Crippen molar-refractivity contribution in [3.63, 3.8) is 0 Å². The van der Waals surface area contributed by atoms with Crippen molar-refractivity contribution < 1.29 is 43.6 Å². The van der Waals surface area contributed by atoms with Crippen LogP contribution in [0.15, 0.2) is 81.4 Å². The van der Waals surface area contributed by atoms with Gasteiger partial charge in [0.15, 0.2) is 9.84 Å². The number of fused-ring (bicyclic) bond motifs is 1. The zero-order valence-corrected chi connectivity index (χ0v) is 29.0. The number of aromatic nitrogens is 3. The van der Waals surface area contributed by atoms with Gasteiger partial charge >= 0.3 is 10.4 Å². The van der Waals surface area contributed by atoms with Crippen LogP contribution >= 0.6 is 24.2 Å². The van der Waals surface area contributed by atoms with Gasteiger partial charge in [-0.15, -0.1) is 12.6 Å². The molecule has 1 heterocycles. The number of nitrogens with zero attached hydrogens (tertiary/aromatic N) is 3. The second kappa shape index (κ2) is 13.9. The number of anilines is 6. The Morgan fingerprint density at radius 3 is 2.00 bits per heavy atom. The number of hydrogen-bond donors (Lipinski definition) is 7. The largest absolute Gasteiger partial charge is 0.505 e. The molecular weight excluding hydrogens is 744 g/mol. The number of thiol groups is 1. The van der Waals surface area contributed by atoms with Gasteiger partial charge in [0.2, 0.25) is 17.2 Å². The Morgan fingerprint density at radius 2 is 1.39 bits per heavy atom. The molecule has 4 aromatic carbocycles. The Morgan fingerprint density at radius 1 is 0.796 bits per heavy atom. The first kappa shape index (κ1) is 36.0. The van der Waals surface area contributed by atoms with Crippen molar-refractivity contribution in [1.82, 2.24) is 15.0 Å². The van der Waals surface area contributed by atoms with E-state index in [1.54, 1.807) is 12.1 Å². The van der Waals surface area contributed by atoms with Crippen LogP contribution in [0.2, 0.25) is 5.28 Å².